The SMILES string of the molecule is Cc1nc(-c2ccc(Br)cc2C(F)(F)F)sc1C(=O)O. The summed E-state index contributed by atoms with van der Waals surface area (Å²) in [5, 5.41) is 8.98. The number of thiazole rings is 1. The number of halogens is 4. The van der Waals surface area contributed by atoms with E-state index in [0.29, 0.717) is 4.47 Å². The van der Waals surface area contributed by atoms with Gasteiger partial charge in [0.2, 0.25) is 0 Å². The smallest absolute Gasteiger partial charge is 0.417 e. The minimum atomic E-state index is -4.54. The molecule has 0 bridgehead atoms. The lowest BCUT2D eigenvalue weighted by molar-refractivity contribution is -0.137. The summed E-state index contributed by atoms with van der Waals surface area (Å²) in [4.78, 5) is 14.8. The van der Waals surface area contributed by atoms with Crippen molar-refractivity contribution in [2.24, 2.45) is 0 Å². The van der Waals surface area contributed by atoms with Crippen molar-refractivity contribution in [3.05, 3.63) is 38.8 Å². The van der Waals surface area contributed by atoms with Crippen LogP contribution in [0.3, 0.4) is 0 Å². The van der Waals surface area contributed by atoms with Gasteiger partial charge in [-0.15, -0.1) is 11.3 Å². The summed E-state index contributed by atoms with van der Waals surface area (Å²) in [6, 6.07) is 3.69. The van der Waals surface area contributed by atoms with Gasteiger partial charge >= 0.3 is 12.1 Å². The van der Waals surface area contributed by atoms with Gasteiger partial charge in [0, 0.05) is 10.0 Å². The third-order valence-electron chi connectivity index (χ3n) is 2.51. The Morgan fingerprint density at radius 1 is 1.40 bits per heavy atom. The van der Waals surface area contributed by atoms with Crippen molar-refractivity contribution < 1.29 is 23.1 Å². The van der Waals surface area contributed by atoms with Crippen LogP contribution in [0.15, 0.2) is 22.7 Å². The highest BCUT2D eigenvalue weighted by atomic mass is 79.9. The molecule has 0 radical (unpaired) electrons. The van der Waals surface area contributed by atoms with Gasteiger partial charge in [-0.05, 0) is 19.1 Å². The number of aromatic nitrogens is 1. The van der Waals surface area contributed by atoms with E-state index in [1.807, 2.05) is 0 Å². The van der Waals surface area contributed by atoms with Crippen LogP contribution in [0.1, 0.15) is 20.9 Å². The van der Waals surface area contributed by atoms with E-state index in [1.54, 1.807) is 0 Å². The number of carboxylic acids is 1. The topological polar surface area (TPSA) is 50.2 Å². The molecule has 2 aromatic rings. The zero-order chi connectivity index (χ0) is 15.1. The first kappa shape index (κ1) is 15.0. The van der Waals surface area contributed by atoms with Crippen molar-refractivity contribution in [1.82, 2.24) is 4.98 Å². The molecule has 0 saturated carbocycles. The Bertz CT molecular complexity index is 682. The van der Waals surface area contributed by atoms with E-state index < -0.39 is 17.7 Å². The van der Waals surface area contributed by atoms with Crippen LogP contribution in [0.4, 0.5) is 13.2 Å². The Morgan fingerprint density at radius 3 is 2.55 bits per heavy atom. The fraction of sp³-hybridized carbons (Fsp3) is 0.167. The number of aryl methyl sites for hydroxylation is 1. The number of nitrogens with zero attached hydrogens (tertiary/aromatic N) is 1. The van der Waals surface area contributed by atoms with Gasteiger partial charge in [0.05, 0.1) is 11.3 Å². The lowest BCUT2D eigenvalue weighted by Gasteiger charge is -2.11. The maximum Gasteiger partial charge on any atom is 0.417 e. The molecule has 0 saturated heterocycles. The van der Waals surface area contributed by atoms with Crippen molar-refractivity contribution >= 4 is 33.2 Å². The van der Waals surface area contributed by atoms with Gasteiger partial charge in [-0.1, -0.05) is 22.0 Å². The lowest BCUT2D eigenvalue weighted by Crippen LogP contribution is -2.07. The van der Waals surface area contributed by atoms with Crippen LogP contribution in [-0.2, 0) is 6.18 Å². The quantitative estimate of drug-likeness (QED) is 0.845. The molecule has 0 aliphatic rings. The molecular formula is C12H7BrF3NO2S. The molecule has 1 N–H and O–H groups in total. The lowest BCUT2D eigenvalue weighted by atomic mass is 10.1. The summed E-state index contributed by atoms with van der Waals surface area (Å²) < 4.78 is 39.4. The van der Waals surface area contributed by atoms with Crippen LogP contribution in [0.5, 0.6) is 0 Å². The summed E-state index contributed by atoms with van der Waals surface area (Å²) in [6.07, 6.45) is -4.54. The van der Waals surface area contributed by atoms with Crippen molar-refractivity contribution in [3.8, 4) is 10.6 Å². The molecule has 0 aliphatic carbocycles. The minimum absolute atomic E-state index is 0.0414. The monoisotopic (exact) mass is 365 g/mol. The van der Waals surface area contributed by atoms with Gasteiger partial charge in [-0.25, -0.2) is 9.78 Å². The van der Waals surface area contributed by atoms with E-state index in [9.17, 15) is 18.0 Å². The molecule has 1 aromatic carbocycles. The number of benzene rings is 1. The van der Waals surface area contributed by atoms with Crippen LogP contribution in [0.2, 0.25) is 0 Å². The van der Waals surface area contributed by atoms with Crippen LogP contribution < -0.4 is 0 Å². The molecule has 106 valence electrons. The molecule has 0 atom stereocenters. The molecule has 1 heterocycles. The van der Waals surface area contributed by atoms with Crippen LogP contribution in [0, 0.1) is 6.92 Å². The van der Waals surface area contributed by atoms with Gasteiger partial charge in [0.25, 0.3) is 0 Å². The van der Waals surface area contributed by atoms with E-state index in [1.165, 1.54) is 19.1 Å². The molecule has 0 fully saturated rings. The average Bonchev–Trinajstić information content (AvgIpc) is 2.70. The molecule has 0 spiro atoms. The molecule has 0 unspecified atom stereocenters. The number of rotatable bonds is 2. The van der Waals surface area contributed by atoms with Crippen LogP contribution in [0.25, 0.3) is 10.6 Å². The van der Waals surface area contributed by atoms with Crippen LogP contribution in [-0.4, -0.2) is 16.1 Å². The zero-order valence-corrected chi connectivity index (χ0v) is 12.4. The molecule has 0 aliphatic heterocycles. The predicted molar refractivity (Wildman–Crippen MR) is 71.9 cm³/mol. The van der Waals surface area contributed by atoms with E-state index in [0.717, 1.165) is 17.4 Å². The summed E-state index contributed by atoms with van der Waals surface area (Å²) >= 11 is 3.72. The minimum Gasteiger partial charge on any atom is -0.477 e. The first-order valence-corrected chi connectivity index (χ1v) is 6.89. The first-order chi connectivity index (χ1) is 9.20. The van der Waals surface area contributed by atoms with E-state index in [4.69, 9.17) is 5.11 Å². The maximum atomic E-state index is 13.0. The van der Waals surface area contributed by atoms with Crippen LogP contribution >= 0.6 is 27.3 Å². The second-order valence-corrected chi connectivity index (χ2v) is 5.84. The number of aromatic carboxylic acids is 1. The van der Waals surface area contributed by atoms with Gasteiger partial charge in [0.15, 0.2) is 0 Å². The van der Waals surface area contributed by atoms with E-state index >= 15 is 0 Å². The van der Waals surface area contributed by atoms with E-state index in [2.05, 4.69) is 20.9 Å². The van der Waals surface area contributed by atoms with Crippen molar-refractivity contribution in [2.75, 3.05) is 0 Å². The third kappa shape index (κ3) is 2.85. The fourth-order valence-corrected chi connectivity index (χ4v) is 2.95. The number of hydrogen-bond donors (Lipinski definition) is 1. The normalized spacial score (nSPS) is 11.7. The second-order valence-electron chi connectivity index (χ2n) is 3.93. The molecule has 8 heteroatoms. The van der Waals surface area contributed by atoms with Crippen molar-refractivity contribution in [2.45, 2.75) is 13.1 Å². The predicted octanol–water partition coefficient (Wildman–Crippen LogP) is 4.60. The number of hydrogen-bond acceptors (Lipinski definition) is 3. The number of carboxylic acid groups (broad SMARTS) is 1. The highest BCUT2D eigenvalue weighted by molar-refractivity contribution is 9.10. The molecule has 1 aromatic heterocycles. The maximum absolute atomic E-state index is 13.0. The van der Waals surface area contributed by atoms with Gasteiger partial charge in [-0.2, -0.15) is 13.2 Å². The summed E-state index contributed by atoms with van der Waals surface area (Å²) in [7, 11) is 0. The highest BCUT2D eigenvalue weighted by Gasteiger charge is 2.35. The largest absolute Gasteiger partial charge is 0.477 e. The molecule has 0 amide bonds. The Labute approximate surface area is 124 Å². The van der Waals surface area contributed by atoms with Gasteiger partial charge in [0.1, 0.15) is 9.88 Å². The fourth-order valence-electron chi connectivity index (χ4n) is 1.65. The third-order valence-corrected chi connectivity index (χ3v) is 4.18. The number of alkyl halides is 3. The molecule has 20 heavy (non-hydrogen) atoms. The average molecular weight is 366 g/mol. The van der Waals surface area contributed by atoms with Crippen molar-refractivity contribution in [3.63, 3.8) is 0 Å². The van der Waals surface area contributed by atoms with E-state index in [-0.39, 0.29) is 21.1 Å². The van der Waals surface area contributed by atoms with Gasteiger partial charge < -0.3 is 5.11 Å². The zero-order valence-electron chi connectivity index (χ0n) is 9.95. The Hall–Kier alpha value is -1.41. The van der Waals surface area contributed by atoms with Gasteiger partial charge in [-0.3, -0.25) is 0 Å². The highest BCUT2D eigenvalue weighted by Crippen LogP contribution is 2.40. The summed E-state index contributed by atoms with van der Waals surface area (Å²) in [5.74, 6) is -1.20. The Morgan fingerprint density at radius 2 is 2.05 bits per heavy atom. The molecule has 2 rings (SSSR count). The Kier molecular flexibility index (Phi) is 3.88. The molecular weight excluding hydrogens is 359 g/mol. The summed E-state index contributed by atoms with van der Waals surface area (Å²) in [6.45, 7) is 1.45. The summed E-state index contributed by atoms with van der Waals surface area (Å²) in [5.41, 5.74) is -0.771. The first-order valence-electron chi connectivity index (χ1n) is 5.28. The number of carbonyl (C=O) groups is 1. The standard InChI is InChI=1S/C12H7BrF3NO2S/c1-5-9(11(18)19)20-10(17-5)7-3-2-6(13)4-8(7)12(14,15)16/h2-4H,1H3,(H,18,19). The molecule has 3 nitrogen and oxygen atoms in total. The second kappa shape index (κ2) is 5.17. The van der Waals surface area contributed by atoms with Crippen molar-refractivity contribution in [1.29, 1.82) is 0 Å². The Balaban J connectivity index is 2.64.